The smallest absolute Gasteiger partial charge is 0.335 e. The summed E-state index contributed by atoms with van der Waals surface area (Å²) in [5.74, 6) is 0.863. The van der Waals surface area contributed by atoms with Crippen molar-refractivity contribution in [3.63, 3.8) is 0 Å². The van der Waals surface area contributed by atoms with Crippen molar-refractivity contribution in [2.45, 2.75) is 43.8 Å². The van der Waals surface area contributed by atoms with Crippen LogP contribution in [0.15, 0.2) is 42.5 Å². The third kappa shape index (κ3) is 3.75. The van der Waals surface area contributed by atoms with E-state index in [0.29, 0.717) is 5.92 Å². The summed E-state index contributed by atoms with van der Waals surface area (Å²) in [7, 11) is 2.10. The SMILES string of the molecule is CN1CCC(C(=O)N2CCC3CC2c2cc(-c4ccc(C(F)(F)F)cc4)ccc23)CC1. The lowest BCUT2D eigenvalue weighted by Crippen LogP contribution is -2.44. The van der Waals surface area contributed by atoms with E-state index in [1.54, 1.807) is 0 Å². The molecule has 2 unspecified atom stereocenters. The van der Waals surface area contributed by atoms with Crippen LogP contribution in [0.4, 0.5) is 13.2 Å². The first-order valence-electron chi connectivity index (χ1n) is 11.1. The van der Waals surface area contributed by atoms with Gasteiger partial charge in [0.2, 0.25) is 5.91 Å². The number of hydrogen-bond acceptors (Lipinski definition) is 2. The number of rotatable bonds is 2. The lowest BCUT2D eigenvalue weighted by molar-refractivity contribution is -0.141. The van der Waals surface area contributed by atoms with Crippen molar-refractivity contribution in [1.82, 2.24) is 9.80 Å². The van der Waals surface area contributed by atoms with Gasteiger partial charge >= 0.3 is 6.18 Å². The summed E-state index contributed by atoms with van der Waals surface area (Å²) in [6.45, 7) is 2.73. The quantitative estimate of drug-likeness (QED) is 0.633. The van der Waals surface area contributed by atoms with E-state index in [1.165, 1.54) is 23.3 Å². The Labute approximate surface area is 180 Å². The predicted molar refractivity (Wildman–Crippen MR) is 114 cm³/mol. The van der Waals surface area contributed by atoms with E-state index in [0.717, 1.165) is 68.6 Å². The van der Waals surface area contributed by atoms with Gasteiger partial charge in [-0.15, -0.1) is 0 Å². The molecule has 2 aromatic carbocycles. The van der Waals surface area contributed by atoms with E-state index in [2.05, 4.69) is 29.0 Å². The summed E-state index contributed by atoms with van der Waals surface area (Å²) in [5.41, 5.74) is 3.53. The van der Waals surface area contributed by atoms with Crippen molar-refractivity contribution >= 4 is 5.91 Å². The molecule has 2 aliphatic heterocycles. The molecule has 2 fully saturated rings. The number of likely N-dealkylation sites (tertiary alicyclic amines) is 2. The van der Waals surface area contributed by atoms with Crippen LogP contribution in [-0.2, 0) is 11.0 Å². The Morgan fingerprint density at radius 3 is 2.26 bits per heavy atom. The van der Waals surface area contributed by atoms with Crippen molar-refractivity contribution in [3.8, 4) is 11.1 Å². The van der Waals surface area contributed by atoms with Crippen molar-refractivity contribution in [2.75, 3.05) is 26.7 Å². The highest BCUT2D eigenvalue weighted by Crippen LogP contribution is 2.50. The van der Waals surface area contributed by atoms with Gasteiger partial charge in [-0.2, -0.15) is 13.2 Å². The topological polar surface area (TPSA) is 23.6 Å². The standard InChI is InChI=1S/C25H27F3N2O/c1-29-11-8-17(9-12-29)24(31)30-13-10-19-15-23(30)22-14-18(4-7-21(19)22)16-2-5-20(6-3-16)25(26,27)28/h2-7,14,17,19,23H,8-13,15H2,1H3. The molecule has 0 aromatic heterocycles. The van der Waals surface area contributed by atoms with Gasteiger partial charge in [0.05, 0.1) is 11.6 Å². The van der Waals surface area contributed by atoms with Gasteiger partial charge in [-0.25, -0.2) is 0 Å². The maximum Gasteiger partial charge on any atom is 0.416 e. The van der Waals surface area contributed by atoms with Crippen LogP contribution < -0.4 is 0 Å². The highest BCUT2D eigenvalue weighted by atomic mass is 19.4. The summed E-state index contributed by atoms with van der Waals surface area (Å²) in [4.78, 5) is 17.7. The fourth-order valence-electron chi connectivity index (χ4n) is 5.56. The van der Waals surface area contributed by atoms with Gasteiger partial charge in [-0.05, 0) is 92.2 Å². The molecule has 2 saturated heterocycles. The Kier molecular flexibility index (Phi) is 5.08. The van der Waals surface area contributed by atoms with E-state index in [4.69, 9.17) is 0 Å². The zero-order valence-electron chi connectivity index (χ0n) is 17.7. The first kappa shape index (κ1) is 20.6. The number of hydrogen-bond donors (Lipinski definition) is 0. The van der Waals surface area contributed by atoms with E-state index in [-0.39, 0.29) is 17.9 Å². The number of benzene rings is 2. The third-order valence-electron chi connectivity index (χ3n) is 7.38. The van der Waals surface area contributed by atoms with Crippen LogP contribution in [0.3, 0.4) is 0 Å². The summed E-state index contributed by atoms with van der Waals surface area (Å²) in [6, 6.07) is 11.7. The number of carbonyl (C=O) groups excluding carboxylic acids is 1. The molecular formula is C25H27F3N2O. The average molecular weight is 428 g/mol. The van der Waals surface area contributed by atoms with E-state index >= 15 is 0 Å². The Bertz CT molecular complexity index is 977. The number of alkyl halides is 3. The maximum atomic E-state index is 13.3. The second-order valence-corrected chi connectivity index (χ2v) is 9.27. The maximum absolute atomic E-state index is 13.3. The Morgan fingerprint density at radius 1 is 0.903 bits per heavy atom. The molecule has 0 spiro atoms. The Balaban J connectivity index is 1.41. The van der Waals surface area contributed by atoms with Crippen molar-refractivity contribution in [1.29, 1.82) is 0 Å². The number of amides is 1. The predicted octanol–water partition coefficient (Wildman–Crippen LogP) is 5.47. The molecule has 5 rings (SSSR count). The molecule has 1 aliphatic carbocycles. The average Bonchev–Trinajstić information content (AvgIpc) is 3.05. The van der Waals surface area contributed by atoms with Crippen LogP contribution in [-0.4, -0.2) is 42.4 Å². The van der Waals surface area contributed by atoms with Crippen LogP contribution in [0.25, 0.3) is 11.1 Å². The number of nitrogens with zero attached hydrogens (tertiary/aromatic N) is 2. The summed E-state index contributed by atoms with van der Waals surface area (Å²) >= 11 is 0. The normalized spacial score (nSPS) is 24.3. The minimum absolute atomic E-state index is 0.0929. The van der Waals surface area contributed by atoms with Gasteiger partial charge in [0.1, 0.15) is 0 Å². The zero-order valence-corrected chi connectivity index (χ0v) is 17.7. The zero-order chi connectivity index (χ0) is 21.8. The van der Waals surface area contributed by atoms with Gasteiger partial charge in [-0.3, -0.25) is 4.79 Å². The lowest BCUT2D eigenvalue weighted by atomic mass is 9.91. The fraction of sp³-hybridized carbons (Fsp3) is 0.480. The number of fused-ring (bicyclic) bond motifs is 5. The first-order chi connectivity index (χ1) is 14.8. The van der Waals surface area contributed by atoms with Gasteiger partial charge in [0.15, 0.2) is 0 Å². The van der Waals surface area contributed by atoms with Gasteiger partial charge in [0.25, 0.3) is 0 Å². The van der Waals surface area contributed by atoms with Crippen LogP contribution in [0.2, 0.25) is 0 Å². The van der Waals surface area contributed by atoms with Gasteiger partial charge in [-0.1, -0.05) is 24.3 Å². The fourth-order valence-corrected chi connectivity index (χ4v) is 5.56. The molecule has 31 heavy (non-hydrogen) atoms. The van der Waals surface area contributed by atoms with E-state index in [1.807, 2.05) is 6.07 Å². The Hall–Kier alpha value is -2.34. The second kappa shape index (κ2) is 7.66. The second-order valence-electron chi connectivity index (χ2n) is 9.27. The van der Waals surface area contributed by atoms with Gasteiger partial charge in [0, 0.05) is 12.5 Å². The molecule has 2 heterocycles. The van der Waals surface area contributed by atoms with Crippen LogP contribution >= 0.6 is 0 Å². The largest absolute Gasteiger partial charge is 0.416 e. The summed E-state index contributed by atoms with van der Waals surface area (Å²) in [5, 5.41) is 0. The van der Waals surface area contributed by atoms with E-state index in [9.17, 15) is 18.0 Å². The van der Waals surface area contributed by atoms with Crippen molar-refractivity contribution < 1.29 is 18.0 Å². The monoisotopic (exact) mass is 428 g/mol. The van der Waals surface area contributed by atoms with E-state index < -0.39 is 11.7 Å². The molecule has 0 radical (unpaired) electrons. The molecule has 3 nitrogen and oxygen atoms in total. The lowest BCUT2D eigenvalue weighted by Gasteiger charge is -2.38. The molecule has 2 atom stereocenters. The number of carbonyl (C=O) groups is 1. The molecule has 0 saturated carbocycles. The molecule has 6 heteroatoms. The molecule has 2 bridgehead atoms. The van der Waals surface area contributed by atoms with Crippen molar-refractivity contribution in [3.05, 3.63) is 59.2 Å². The molecule has 3 aliphatic rings. The summed E-state index contributed by atoms with van der Waals surface area (Å²) in [6.07, 6.45) is -0.547. The molecule has 2 aromatic rings. The molecule has 0 N–H and O–H groups in total. The highest BCUT2D eigenvalue weighted by Gasteiger charge is 2.42. The molecular weight excluding hydrogens is 401 g/mol. The van der Waals surface area contributed by atoms with Gasteiger partial charge < -0.3 is 9.80 Å². The number of halogens is 3. The number of piperidine rings is 2. The first-order valence-corrected chi connectivity index (χ1v) is 11.1. The van der Waals surface area contributed by atoms with Crippen LogP contribution in [0.1, 0.15) is 54.3 Å². The van der Waals surface area contributed by atoms with Crippen LogP contribution in [0, 0.1) is 5.92 Å². The summed E-state index contributed by atoms with van der Waals surface area (Å²) < 4.78 is 38.7. The molecule has 1 amide bonds. The minimum atomic E-state index is -4.33. The highest BCUT2D eigenvalue weighted by molar-refractivity contribution is 5.80. The Morgan fingerprint density at radius 2 is 1.58 bits per heavy atom. The minimum Gasteiger partial charge on any atom is -0.335 e. The molecule has 164 valence electrons. The van der Waals surface area contributed by atoms with Crippen molar-refractivity contribution in [2.24, 2.45) is 5.92 Å². The van der Waals surface area contributed by atoms with Crippen LogP contribution in [0.5, 0.6) is 0 Å². The third-order valence-corrected chi connectivity index (χ3v) is 7.38.